The second-order valence-electron chi connectivity index (χ2n) is 6.88. The van der Waals surface area contributed by atoms with Gasteiger partial charge in [-0.15, -0.1) is 12.4 Å². The van der Waals surface area contributed by atoms with Crippen LogP contribution in [0.5, 0.6) is 0 Å². The van der Waals surface area contributed by atoms with Crippen LogP contribution in [0, 0.1) is 17.0 Å². The highest BCUT2D eigenvalue weighted by Crippen LogP contribution is 2.20. The molecule has 1 aliphatic heterocycles. The molecule has 0 atom stereocenters. The summed E-state index contributed by atoms with van der Waals surface area (Å²) in [6, 6.07) is 6.70. The molecule has 0 radical (unpaired) electrons. The molecule has 0 unspecified atom stereocenters. The maximum absolute atomic E-state index is 12.1. The van der Waals surface area contributed by atoms with E-state index in [0.717, 1.165) is 23.2 Å². The van der Waals surface area contributed by atoms with Crippen LogP contribution in [0.3, 0.4) is 0 Å². The molecule has 0 amide bonds. The summed E-state index contributed by atoms with van der Waals surface area (Å²) in [5.41, 5.74) is 1.19. The Morgan fingerprint density at radius 2 is 1.68 bits per heavy atom. The number of nitro benzene ring substituents is 1. The van der Waals surface area contributed by atoms with Crippen LogP contribution in [0.2, 0.25) is 0 Å². The van der Waals surface area contributed by atoms with Gasteiger partial charge >= 0.3 is 5.69 Å². The fourth-order valence-electron chi connectivity index (χ4n) is 3.44. The number of anilines is 1. The van der Waals surface area contributed by atoms with Crippen LogP contribution in [-0.2, 0) is 20.6 Å². The number of rotatable bonds is 4. The number of piperazine rings is 1. The first-order chi connectivity index (χ1) is 12.8. The molecule has 28 heavy (non-hydrogen) atoms. The lowest BCUT2D eigenvalue weighted by Crippen LogP contribution is -2.49. The van der Waals surface area contributed by atoms with Crippen molar-refractivity contribution in [1.82, 2.24) is 14.0 Å². The van der Waals surface area contributed by atoms with E-state index in [1.54, 1.807) is 26.1 Å². The Bertz CT molecular complexity index is 992. The summed E-state index contributed by atoms with van der Waals surface area (Å²) in [5.74, 6) is 0.633. The van der Waals surface area contributed by atoms with Gasteiger partial charge in [-0.3, -0.25) is 28.9 Å². The van der Waals surface area contributed by atoms with Crippen LogP contribution < -0.4 is 16.1 Å². The van der Waals surface area contributed by atoms with Gasteiger partial charge in [0.05, 0.1) is 4.92 Å². The van der Waals surface area contributed by atoms with Crippen molar-refractivity contribution in [3.8, 4) is 0 Å². The van der Waals surface area contributed by atoms with E-state index in [9.17, 15) is 19.7 Å². The molecule has 1 fully saturated rings. The average molecular weight is 410 g/mol. The maximum Gasteiger partial charge on any atom is 0.332 e. The summed E-state index contributed by atoms with van der Waals surface area (Å²) in [6.45, 7) is 5.41. The highest BCUT2D eigenvalue weighted by Gasteiger charge is 2.21. The second-order valence-corrected chi connectivity index (χ2v) is 6.88. The topological polar surface area (TPSA) is 93.6 Å². The second kappa shape index (κ2) is 8.57. The molecule has 0 bridgehead atoms. The van der Waals surface area contributed by atoms with Crippen LogP contribution in [0.15, 0.2) is 33.9 Å². The van der Waals surface area contributed by atoms with Crippen LogP contribution in [-0.4, -0.2) is 45.1 Å². The van der Waals surface area contributed by atoms with Crippen LogP contribution >= 0.6 is 12.4 Å². The van der Waals surface area contributed by atoms with E-state index in [1.807, 2.05) is 11.0 Å². The Labute approximate surface area is 168 Å². The van der Waals surface area contributed by atoms with Gasteiger partial charge in [-0.1, -0.05) is 6.07 Å². The zero-order chi connectivity index (χ0) is 19.7. The van der Waals surface area contributed by atoms with Gasteiger partial charge in [0.15, 0.2) is 0 Å². The highest BCUT2D eigenvalue weighted by atomic mass is 35.5. The molecule has 0 aliphatic carbocycles. The molecule has 0 spiro atoms. The monoisotopic (exact) mass is 409 g/mol. The zero-order valence-electron chi connectivity index (χ0n) is 16.1. The quantitative estimate of drug-likeness (QED) is 0.553. The van der Waals surface area contributed by atoms with Crippen molar-refractivity contribution < 1.29 is 4.92 Å². The molecule has 1 aliphatic rings. The summed E-state index contributed by atoms with van der Waals surface area (Å²) in [7, 11) is 3.14. The van der Waals surface area contributed by atoms with Crippen molar-refractivity contribution in [3.63, 3.8) is 0 Å². The lowest BCUT2D eigenvalue weighted by atomic mass is 10.1. The minimum absolute atomic E-state index is 0. The summed E-state index contributed by atoms with van der Waals surface area (Å²) in [4.78, 5) is 38.9. The first-order valence-corrected chi connectivity index (χ1v) is 8.76. The molecule has 1 aromatic heterocycles. The standard InChI is InChI=1S/C18H23N5O4.ClH/c1-13-10-14(4-5-15(13)23(26)27)12-21-6-8-22(9-7-21)16-11-17(24)20(3)18(25)19(16)2;/h4-5,10-11H,6-9,12H2,1-3H3;1H. The third kappa shape index (κ3) is 4.26. The fourth-order valence-corrected chi connectivity index (χ4v) is 3.44. The number of halogens is 1. The number of nitrogens with zero attached hydrogens (tertiary/aromatic N) is 5. The summed E-state index contributed by atoms with van der Waals surface area (Å²) in [5, 5.41) is 10.9. The number of nitro groups is 1. The highest BCUT2D eigenvalue weighted by molar-refractivity contribution is 5.85. The van der Waals surface area contributed by atoms with Crippen LogP contribution in [0.25, 0.3) is 0 Å². The Morgan fingerprint density at radius 1 is 1.04 bits per heavy atom. The number of aromatic nitrogens is 2. The molecule has 1 aromatic carbocycles. The molecule has 2 aromatic rings. The number of aryl methyl sites for hydroxylation is 1. The van der Waals surface area contributed by atoms with Crippen LogP contribution in [0.4, 0.5) is 11.5 Å². The van der Waals surface area contributed by atoms with Crippen molar-refractivity contribution >= 4 is 23.9 Å². The first kappa shape index (κ1) is 21.6. The Kier molecular flexibility index (Phi) is 6.63. The normalized spacial score (nSPS) is 14.6. The van der Waals surface area contributed by atoms with E-state index >= 15 is 0 Å². The van der Waals surface area contributed by atoms with Gasteiger partial charge < -0.3 is 4.90 Å². The predicted octanol–water partition coefficient (Wildman–Crippen LogP) is 1.04. The number of hydrogen-bond donors (Lipinski definition) is 0. The molecule has 0 saturated carbocycles. The Morgan fingerprint density at radius 3 is 2.25 bits per heavy atom. The van der Waals surface area contributed by atoms with E-state index in [2.05, 4.69) is 4.90 Å². The first-order valence-electron chi connectivity index (χ1n) is 8.76. The van der Waals surface area contributed by atoms with E-state index in [-0.39, 0.29) is 34.3 Å². The van der Waals surface area contributed by atoms with Gasteiger partial charge in [0.25, 0.3) is 11.2 Å². The van der Waals surface area contributed by atoms with Crippen molar-refractivity contribution in [2.75, 3.05) is 31.1 Å². The zero-order valence-corrected chi connectivity index (χ0v) is 16.9. The minimum atomic E-state index is -0.369. The van der Waals surface area contributed by atoms with Gasteiger partial charge in [-0.2, -0.15) is 0 Å². The summed E-state index contributed by atoms with van der Waals surface area (Å²) >= 11 is 0. The van der Waals surface area contributed by atoms with E-state index in [1.165, 1.54) is 17.7 Å². The van der Waals surface area contributed by atoms with E-state index in [0.29, 0.717) is 31.0 Å². The van der Waals surface area contributed by atoms with Crippen molar-refractivity contribution in [1.29, 1.82) is 0 Å². The van der Waals surface area contributed by atoms with Gasteiger partial charge in [0, 0.05) is 64.5 Å². The van der Waals surface area contributed by atoms with Gasteiger partial charge in [0.1, 0.15) is 5.82 Å². The third-order valence-corrected chi connectivity index (χ3v) is 5.06. The van der Waals surface area contributed by atoms with Crippen LogP contribution in [0.1, 0.15) is 11.1 Å². The SMILES string of the molecule is Cc1cc(CN2CCN(c3cc(=O)n(C)c(=O)n3C)CC2)ccc1[N+](=O)[O-].Cl. The molecule has 1 saturated heterocycles. The molecule has 0 N–H and O–H groups in total. The van der Waals surface area contributed by atoms with Gasteiger partial charge in [-0.05, 0) is 18.6 Å². The molecular formula is C18H24ClN5O4. The predicted molar refractivity (Wildman–Crippen MR) is 109 cm³/mol. The average Bonchev–Trinajstić information content (AvgIpc) is 2.63. The lowest BCUT2D eigenvalue weighted by molar-refractivity contribution is -0.385. The maximum atomic E-state index is 12.1. The third-order valence-electron chi connectivity index (χ3n) is 5.06. The largest absolute Gasteiger partial charge is 0.355 e. The fraction of sp³-hybridized carbons (Fsp3) is 0.444. The number of hydrogen-bond acceptors (Lipinski definition) is 6. The van der Waals surface area contributed by atoms with E-state index < -0.39 is 0 Å². The molecular weight excluding hydrogens is 386 g/mol. The molecule has 2 heterocycles. The minimum Gasteiger partial charge on any atom is -0.355 e. The summed E-state index contributed by atoms with van der Waals surface area (Å²) in [6.07, 6.45) is 0. The van der Waals surface area contributed by atoms with Crippen molar-refractivity contribution in [2.45, 2.75) is 13.5 Å². The smallest absolute Gasteiger partial charge is 0.332 e. The molecule has 10 heteroatoms. The number of benzene rings is 1. The molecule has 9 nitrogen and oxygen atoms in total. The van der Waals surface area contributed by atoms with Gasteiger partial charge in [-0.25, -0.2) is 4.79 Å². The summed E-state index contributed by atoms with van der Waals surface area (Å²) < 4.78 is 2.59. The molecule has 3 rings (SSSR count). The van der Waals surface area contributed by atoms with Gasteiger partial charge in [0.2, 0.25) is 0 Å². The Hall–Kier alpha value is -2.65. The molecule has 152 valence electrons. The van der Waals surface area contributed by atoms with Crippen molar-refractivity contribution in [3.05, 3.63) is 66.3 Å². The van der Waals surface area contributed by atoms with E-state index in [4.69, 9.17) is 0 Å². The Balaban J connectivity index is 0.00000280. The van der Waals surface area contributed by atoms with Crippen molar-refractivity contribution in [2.24, 2.45) is 14.1 Å². The lowest BCUT2D eigenvalue weighted by Gasteiger charge is -2.36.